The first kappa shape index (κ1) is 14.9. The molecule has 0 amide bonds. The second-order valence-electron chi connectivity index (χ2n) is 4.14. The van der Waals surface area contributed by atoms with Gasteiger partial charge in [0.15, 0.2) is 0 Å². The zero-order valence-corrected chi connectivity index (χ0v) is 10.3. The van der Waals surface area contributed by atoms with Crippen LogP contribution in [0.25, 0.3) is 0 Å². The molecule has 1 aromatic rings. The molecule has 0 aromatic heterocycles. The standard InChI is InChI=1S/C12H16F4N2/c1-17-5-6-18(2)8-9-3-4-10(13)7-11(9)12(14,15)16/h3-4,7,17H,5-6,8H2,1-2H3. The van der Waals surface area contributed by atoms with Crippen molar-refractivity contribution in [2.24, 2.45) is 0 Å². The number of nitrogens with zero attached hydrogens (tertiary/aromatic N) is 1. The van der Waals surface area contributed by atoms with E-state index in [1.54, 1.807) is 19.0 Å². The van der Waals surface area contributed by atoms with Crippen LogP contribution < -0.4 is 5.32 Å². The highest BCUT2D eigenvalue weighted by Crippen LogP contribution is 2.32. The second-order valence-corrected chi connectivity index (χ2v) is 4.14. The van der Waals surface area contributed by atoms with Crippen molar-refractivity contribution in [3.05, 3.63) is 35.1 Å². The Hall–Kier alpha value is -1.14. The van der Waals surface area contributed by atoms with Crippen molar-refractivity contribution in [3.8, 4) is 0 Å². The van der Waals surface area contributed by atoms with Gasteiger partial charge in [0.25, 0.3) is 0 Å². The van der Waals surface area contributed by atoms with Crippen molar-refractivity contribution in [2.45, 2.75) is 12.7 Å². The molecular weight excluding hydrogens is 248 g/mol. The van der Waals surface area contributed by atoms with Gasteiger partial charge in [0.2, 0.25) is 0 Å². The van der Waals surface area contributed by atoms with Crippen molar-refractivity contribution >= 4 is 0 Å². The first-order valence-corrected chi connectivity index (χ1v) is 5.53. The smallest absolute Gasteiger partial charge is 0.318 e. The van der Waals surface area contributed by atoms with Gasteiger partial charge in [-0.1, -0.05) is 6.07 Å². The van der Waals surface area contributed by atoms with Crippen molar-refractivity contribution in [2.75, 3.05) is 27.2 Å². The summed E-state index contributed by atoms with van der Waals surface area (Å²) in [7, 11) is 3.49. The fourth-order valence-electron chi connectivity index (χ4n) is 1.62. The summed E-state index contributed by atoms with van der Waals surface area (Å²) in [6.45, 7) is 1.43. The topological polar surface area (TPSA) is 15.3 Å². The molecule has 0 aliphatic heterocycles. The maximum absolute atomic E-state index is 12.9. The summed E-state index contributed by atoms with van der Waals surface area (Å²) in [5.41, 5.74) is -0.818. The van der Waals surface area contributed by atoms with Crippen LogP contribution in [0.4, 0.5) is 17.6 Å². The highest BCUT2D eigenvalue weighted by atomic mass is 19.4. The lowest BCUT2D eigenvalue weighted by Gasteiger charge is -2.19. The lowest BCUT2D eigenvalue weighted by molar-refractivity contribution is -0.138. The predicted octanol–water partition coefficient (Wildman–Crippen LogP) is 2.50. The number of rotatable bonds is 5. The van der Waals surface area contributed by atoms with Gasteiger partial charge in [0.05, 0.1) is 5.56 Å². The summed E-state index contributed by atoms with van der Waals surface area (Å²) >= 11 is 0. The summed E-state index contributed by atoms with van der Waals surface area (Å²) in [6, 6.07) is 2.78. The Bertz CT molecular complexity index is 390. The zero-order chi connectivity index (χ0) is 13.8. The quantitative estimate of drug-likeness (QED) is 0.822. The number of alkyl halides is 3. The summed E-state index contributed by atoms with van der Waals surface area (Å²) in [4.78, 5) is 1.75. The maximum Gasteiger partial charge on any atom is 0.416 e. The minimum Gasteiger partial charge on any atom is -0.318 e. The molecule has 0 spiro atoms. The number of benzene rings is 1. The van der Waals surface area contributed by atoms with Crippen LogP contribution in [0, 0.1) is 5.82 Å². The van der Waals surface area contributed by atoms with Crippen LogP contribution >= 0.6 is 0 Å². The van der Waals surface area contributed by atoms with Gasteiger partial charge in [-0.05, 0) is 31.8 Å². The molecule has 0 aliphatic carbocycles. The normalized spacial score (nSPS) is 12.2. The number of likely N-dealkylation sites (N-methyl/N-ethyl adjacent to an activating group) is 2. The molecule has 6 heteroatoms. The van der Waals surface area contributed by atoms with E-state index in [4.69, 9.17) is 0 Å². The Kier molecular flexibility index (Phi) is 5.10. The molecule has 0 aliphatic rings. The third-order valence-corrected chi connectivity index (χ3v) is 2.56. The van der Waals surface area contributed by atoms with Gasteiger partial charge < -0.3 is 10.2 Å². The molecular formula is C12H16F4N2. The fraction of sp³-hybridized carbons (Fsp3) is 0.500. The minimum atomic E-state index is -4.53. The fourth-order valence-corrected chi connectivity index (χ4v) is 1.62. The molecule has 2 nitrogen and oxygen atoms in total. The van der Waals surface area contributed by atoms with E-state index in [0.717, 1.165) is 6.07 Å². The third kappa shape index (κ3) is 4.27. The molecule has 1 N–H and O–H groups in total. The van der Waals surface area contributed by atoms with E-state index in [-0.39, 0.29) is 12.1 Å². The molecule has 0 atom stereocenters. The Balaban J connectivity index is 2.88. The Morgan fingerprint density at radius 1 is 1.28 bits per heavy atom. The molecule has 0 heterocycles. The van der Waals surface area contributed by atoms with Gasteiger partial charge in [0, 0.05) is 19.6 Å². The molecule has 0 saturated heterocycles. The van der Waals surface area contributed by atoms with Crippen LogP contribution in [0.5, 0.6) is 0 Å². The van der Waals surface area contributed by atoms with Gasteiger partial charge in [-0.15, -0.1) is 0 Å². The monoisotopic (exact) mass is 264 g/mol. The van der Waals surface area contributed by atoms with E-state index in [1.807, 2.05) is 0 Å². The van der Waals surface area contributed by atoms with Gasteiger partial charge >= 0.3 is 6.18 Å². The molecule has 0 saturated carbocycles. The van der Waals surface area contributed by atoms with E-state index in [9.17, 15) is 17.6 Å². The van der Waals surface area contributed by atoms with Crippen LogP contribution in [-0.4, -0.2) is 32.1 Å². The Labute approximate surface area is 104 Å². The number of hydrogen-bond acceptors (Lipinski definition) is 2. The maximum atomic E-state index is 12.9. The SMILES string of the molecule is CNCCN(C)Cc1ccc(F)cc1C(F)(F)F. The predicted molar refractivity (Wildman–Crippen MR) is 61.7 cm³/mol. The van der Waals surface area contributed by atoms with Crippen LogP contribution in [-0.2, 0) is 12.7 Å². The largest absolute Gasteiger partial charge is 0.416 e. The van der Waals surface area contributed by atoms with E-state index >= 15 is 0 Å². The van der Waals surface area contributed by atoms with Gasteiger partial charge in [-0.3, -0.25) is 0 Å². The summed E-state index contributed by atoms with van der Waals surface area (Å²) in [5, 5.41) is 2.91. The molecule has 102 valence electrons. The average molecular weight is 264 g/mol. The Morgan fingerprint density at radius 2 is 1.94 bits per heavy atom. The van der Waals surface area contributed by atoms with Crippen molar-refractivity contribution in [1.82, 2.24) is 10.2 Å². The molecule has 18 heavy (non-hydrogen) atoms. The number of halogens is 4. The molecule has 0 unspecified atom stereocenters. The number of nitrogens with one attached hydrogen (secondary N) is 1. The summed E-state index contributed by atoms with van der Waals surface area (Å²) in [6.07, 6.45) is -4.53. The third-order valence-electron chi connectivity index (χ3n) is 2.56. The highest BCUT2D eigenvalue weighted by Gasteiger charge is 2.33. The van der Waals surface area contributed by atoms with Crippen LogP contribution in [0.2, 0.25) is 0 Å². The van der Waals surface area contributed by atoms with E-state index in [0.29, 0.717) is 19.2 Å². The number of hydrogen-bond donors (Lipinski definition) is 1. The average Bonchev–Trinajstić information content (AvgIpc) is 2.27. The second kappa shape index (κ2) is 6.15. The van der Waals surface area contributed by atoms with Gasteiger partial charge in [-0.2, -0.15) is 13.2 Å². The van der Waals surface area contributed by atoms with E-state index in [2.05, 4.69) is 5.32 Å². The van der Waals surface area contributed by atoms with Crippen LogP contribution in [0.15, 0.2) is 18.2 Å². The lowest BCUT2D eigenvalue weighted by Crippen LogP contribution is -2.28. The van der Waals surface area contributed by atoms with Gasteiger partial charge in [0.1, 0.15) is 5.82 Å². The Morgan fingerprint density at radius 3 is 2.50 bits per heavy atom. The highest BCUT2D eigenvalue weighted by molar-refractivity contribution is 5.30. The molecule has 0 radical (unpaired) electrons. The van der Waals surface area contributed by atoms with Crippen LogP contribution in [0.1, 0.15) is 11.1 Å². The van der Waals surface area contributed by atoms with Crippen molar-refractivity contribution in [1.29, 1.82) is 0 Å². The molecule has 1 aromatic carbocycles. The van der Waals surface area contributed by atoms with Gasteiger partial charge in [-0.25, -0.2) is 4.39 Å². The minimum absolute atomic E-state index is 0.0857. The zero-order valence-electron chi connectivity index (χ0n) is 10.3. The summed E-state index contributed by atoms with van der Waals surface area (Å²) < 4.78 is 51.1. The first-order valence-electron chi connectivity index (χ1n) is 5.53. The molecule has 0 bridgehead atoms. The lowest BCUT2D eigenvalue weighted by atomic mass is 10.1. The van der Waals surface area contributed by atoms with Crippen LogP contribution in [0.3, 0.4) is 0 Å². The van der Waals surface area contributed by atoms with Crippen molar-refractivity contribution < 1.29 is 17.6 Å². The van der Waals surface area contributed by atoms with Crippen molar-refractivity contribution in [3.63, 3.8) is 0 Å². The van der Waals surface area contributed by atoms with E-state index < -0.39 is 17.6 Å². The van der Waals surface area contributed by atoms with E-state index in [1.165, 1.54) is 6.07 Å². The molecule has 1 rings (SSSR count). The summed E-state index contributed by atoms with van der Waals surface area (Å²) in [5.74, 6) is -0.871. The molecule has 0 fully saturated rings. The first-order chi connectivity index (χ1) is 8.34.